The molecule has 0 atom stereocenters. The highest BCUT2D eigenvalue weighted by Gasteiger charge is 2.38. The molecule has 2 aromatic rings. The molecule has 5 heteroatoms. The van der Waals surface area contributed by atoms with Crippen molar-refractivity contribution >= 4 is 35.1 Å². The van der Waals surface area contributed by atoms with Gasteiger partial charge in [-0.25, -0.2) is 4.79 Å². The quantitative estimate of drug-likeness (QED) is 0.434. The molecule has 138 valence electrons. The number of hydrogen-bond donors (Lipinski definition) is 0. The van der Waals surface area contributed by atoms with Crippen LogP contribution < -0.4 is 4.90 Å². The van der Waals surface area contributed by atoms with Gasteiger partial charge in [-0.05, 0) is 67.8 Å². The van der Waals surface area contributed by atoms with Gasteiger partial charge in [0.15, 0.2) is 0 Å². The average molecular weight is 382 g/mol. The van der Waals surface area contributed by atoms with Gasteiger partial charge in [-0.1, -0.05) is 29.8 Å². The van der Waals surface area contributed by atoms with Gasteiger partial charge in [0.05, 0.1) is 12.8 Å². The number of carbonyl (C=O) groups is 2. The van der Waals surface area contributed by atoms with Gasteiger partial charge in [0.25, 0.3) is 0 Å². The average Bonchev–Trinajstić information content (AvgIpc) is 2.85. The molecule has 0 radical (unpaired) electrons. The summed E-state index contributed by atoms with van der Waals surface area (Å²) in [4.78, 5) is 27.1. The standard InChI is InChI=1S/C22H20ClNO3/c1-13-9-14(2)11-18(10-13)24-15(3)20(22(26)27-4)21(25)19(24)12-16-5-7-17(23)8-6-16/h5-12H,1-4H3/b19-12+. The number of ether oxygens (including phenoxy) is 1. The maximum absolute atomic E-state index is 13.0. The lowest BCUT2D eigenvalue weighted by Crippen LogP contribution is -2.18. The molecule has 0 bridgehead atoms. The Morgan fingerprint density at radius 1 is 1.04 bits per heavy atom. The van der Waals surface area contributed by atoms with E-state index >= 15 is 0 Å². The number of esters is 1. The minimum Gasteiger partial charge on any atom is -0.465 e. The molecule has 0 saturated carbocycles. The molecule has 0 aromatic heterocycles. The van der Waals surface area contributed by atoms with Crippen molar-refractivity contribution in [2.75, 3.05) is 12.0 Å². The van der Waals surface area contributed by atoms with Gasteiger partial charge >= 0.3 is 5.97 Å². The first-order valence-electron chi connectivity index (χ1n) is 8.51. The summed E-state index contributed by atoms with van der Waals surface area (Å²) >= 11 is 5.96. The molecule has 0 amide bonds. The molecule has 0 aliphatic carbocycles. The molecule has 2 aromatic carbocycles. The number of aryl methyl sites for hydroxylation is 2. The fourth-order valence-electron chi connectivity index (χ4n) is 3.29. The molecular weight excluding hydrogens is 362 g/mol. The Balaban J connectivity index is 2.19. The molecule has 4 nitrogen and oxygen atoms in total. The topological polar surface area (TPSA) is 46.6 Å². The number of hydrogen-bond acceptors (Lipinski definition) is 4. The van der Waals surface area contributed by atoms with Crippen LogP contribution >= 0.6 is 11.6 Å². The fourth-order valence-corrected chi connectivity index (χ4v) is 3.41. The summed E-state index contributed by atoms with van der Waals surface area (Å²) in [6.45, 7) is 5.75. The van der Waals surface area contributed by atoms with E-state index in [1.165, 1.54) is 7.11 Å². The van der Waals surface area contributed by atoms with E-state index < -0.39 is 5.97 Å². The molecule has 27 heavy (non-hydrogen) atoms. The number of allylic oxidation sites excluding steroid dienone is 2. The zero-order valence-electron chi connectivity index (χ0n) is 15.7. The van der Waals surface area contributed by atoms with Crippen LogP contribution in [0.3, 0.4) is 0 Å². The third-order valence-corrected chi connectivity index (χ3v) is 4.68. The van der Waals surface area contributed by atoms with Crippen molar-refractivity contribution in [1.29, 1.82) is 0 Å². The van der Waals surface area contributed by atoms with Gasteiger partial charge in [-0.3, -0.25) is 4.79 Å². The second-order valence-electron chi connectivity index (χ2n) is 6.54. The predicted molar refractivity (Wildman–Crippen MR) is 108 cm³/mol. The molecule has 1 aliphatic heterocycles. The number of nitrogens with zero attached hydrogens (tertiary/aromatic N) is 1. The highest BCUT2D eigenvalue weighted by molar-refractivity contribution is 6.31. The molecule has 3 rings (SSSR count). The number of anilines is 1. The fraction of sp³-hybridized carbons (Fsp3) is 0.182. The number of rotatable bonds is 3. The number of benzene rings is 2. The van der Waals surface area contributed by atoms with Gasteiger partial charge in [0, 0.05) is 16.4 Å². The van der Waals surface area contributed by atoms with Crippen molar-refractivity contribution in [3.8, 4) is 0 Å². The lowest BCUT2D eigenvalue weighted by molar-refractivity contribution is -0.137. The van der Waals surface area contributed by atoms with Crippen molar-refractivity contribution in [3.63, 3.8) is 0 Å². The van der Waals surface area contributed by atoms with Crippen molar-refractivity contribution in [2.24, 2.45) is 0 Å². The lowest BCUT2D eigenvalue weighted by atomic mass is 10.1. The third-order valence-electron chi connectivity index (χ3n) is 4.43. The van der Waals surface area contributed by atoms with Crippen molar-refractivity contribution in [2.45, 2.75) is 20.8 Å². The summed E-state index contributed by atoms with van der Waals surface area (Å²) in [5, 5.41) is 0.616. The highest BCUT2D eigenvalue weighted by Crippen LogP contribution is 2.36. The zero-order chi connectivity index (χ0) is 19.7. The van der Waals surface area contributed by atoms with Crippen LogP contribution in [0, 0.1) is 13.8 Å². The van der Waals surface area contributed by atoms with E-state index in [0.717, 1.165) is 22.4 Å². The van der Waals surface area contributed by atoms with Gasteiger partial charge in [-0.15, -0.1) is 0 Å². The minimum atomic E-state index is -0.633. The molecule has 1 heterocycles. The Kier molecular flexibility index (Phi) is 5.19. The molecule has 0 N–H and O–H groups in total. The Hall–Kier alpha value is -2.85. The minimum absolute atomic E-state index is 0.0527. The molecule has 0 unspecified atom stereocenters. The lowest BCUT2D eigenvalue weighted by Gasteiger charge is -2.22. The number of methoxy groups -OCH3 is 1. The summed E-state index contributed by atoms with van der Waals surface area (Å²) in [7, 11) is 1.28. The van der Waals surface area contributed by atoms with Gasteiger partial charge in [0.2, 0.25) is 5.78 Å². The normalized spacial score (nSPS) is 15.7. The first-order chi connectivity index (χ1) is 12.8. The Labute approximate surface area is 163 Å². The Morgan fingerprint density at radius 2 is 1.63 bits per heavy atom. The maximum atomic E-state index is 13.0. The Bertz CT molecular complexity index is 967. The monoisotopic (exact) mass is 381 g/mol. The second kappa shape index (κ2) is 7.41. The maximum Gasteiger partial charge on any atom is 0.343 e. The predicted octanol–water partition coefficient (Wildman–Crippen LogP) is 4.83. The first kappa shape index (κ1) is 18.9. The van der Waals surface area contributed by atoms with Crippen molar-refractivity contribution < 1.29 is 14.3 Å². The van der Waals surface area contributed by atoms with E-state index in [0.29, 0.717) is 16.4 Å². The summed E-state index contributed by atoms with van der Waals surface area (Å²) in [5.74, 6) is -0.986. The van der Waals surface area contributed by atoms with E-state index in [1.54, 1.807) is 25.1 Å². The van der Waals surface area contributed by atoms with Crippen LogP contribution in [0.25, 0.3) is 6.08 Å². The van der Waals surface area contributed by atoms with Crippen LogP contribution in [0.1, 0.15) is 23.6 Å². The van der Waals surface area contributed by atoms with Gasteiger partial charge < -0.3 is 9.64 Å². The van der Waals surface area contributed by atoms with Crippen molar-refractivity contribution in [3.05, 3.63) is 81.1 Å². The van der Waals surface area contributed by atoms with Crippen LogP contribution in [0.4, 0.5) is 5.69 Å². The highest BCUT2D eigenvalue weighted by atomic mass is 35.5. The number of ketones is 1. The summed E-state index contributed by atoms with van der Waals surface area (Å²) < 4.78 is 4.83. The smallest absolute Gasteiger partial charge is 0.343 e. The zero-order valence-corrected chi connectivity index (χ0v) is 16.4. The van der Waals surface area contributed by atoms with Gasteiger partial charge in [-0.2, -0.15) is 0 Å². The van der Waals surface area contributed by atoms with Crippen LogP contribution in [0.2, 0.25) is 5.02 Å². The van der Waals surface area contributed by atoms with E-state index in [9.17, 15) is 9.59 Å². The first-order valence-corrected chi connectivity index (χ1v) is 8.89. The van der Waals surface area contributed by atoms with Crippen LogP contribution in [0.15, 0.2) is 59.4 Å². The van der Waals surface area contributed by atoms with E-state index in [1.807, 2.05) is 43.0 Å². The summed E-state index contributed by atoms with van der Waals surface area (Å²) in [6, 6.07) is 13.2. The van der Waals surface area contributed by atoms with Gasteiger partial charge in [0.1, 0.15) is 5.57 Å². The molecular formula is C22H20ClNO3. The SMILES string of the molecule is COC(=O)C1=C(C)N(c2cc(C)cc(C)c2)/C(=C/c2ccc(Cl)cc2)C1=O. The second-order valence-corrected chi connectivity index (χ2v) is 6.98. The largest absolute Gasteiger partial charge is 0.465 e. The molecule has 1 aliphatic rings. The number of Topliss-reactive ketones (excluding diaryl/α,β-unsaturated/α-hetero) is 1. The number of carbonyl (C=O) groups excluding carboxylic acids is 2. The number of halogens is 1. The molecule has 0 spiro atoms. The van der Waals surface area contributed by atoms with E-state index in [4.69, 9.17) is 16.3 Å². The van der Waals surface area contributed by atoms with Crippen molar-refractivity contribution in [1.82, 2.24) is 0 Å². The van der Waals surface area contributed by atoms with E-state index in [2.05, 4.69) is 6.07 Å². The van der Waals surface area contributed by atoms with E-state index in [-0.39, 0.29) is 11.4 Å². The molecule has 0 fully saturated rings. The van der Waals surface area contributed by atoms with Crippen LogP contribution in [0.5, 0.6) is 0 Å². The van der Waals surface area contributed by atoms with Crippen LogP contribution in [-0.2, 0) is 14.3 Å². The third kappa shape index (κ3) is 3.67. The Morgan fingerprint density at radius 3 is 2.19 bits per heavy atom. The van der Waals surface area contributed by atoms with Crippen LogP contribution in [-0.4, -0.2) is 18.9 Å². The summed E-state index contributed by atoms with van der Waals surface area (Å²) in [6.07, 6.45) is 1.76. The molecule has 0 saturated heterocycles. The summed E-state index contributed by atoms with van der Waals surface area (Å²) in [5.41, 5.74) is 4.80.